The summed E-state index contributed by atoms with van der Waals surface area (Å²) in [5, 5.41) is 16.2. The highest BCUT2D eigenvalue weighted by molar-refractivity contribution is 5.57. The topological polar surface area (TPSA) is 70.1 Å². The fourth-order valence-electron chi connectivity index (χ4n) is 1.41. The molecule has 0 spiro atoms. The number of rotatable bonds is 6. The molecular formula is C13H24N4O. The number of anilines is 2. The van der Waals surface area contributed by atoms with Crippen LogP contribution in [0.3, 0.4) is 0 Å². The summed E-state index contributed by atoms with van der Waals surface area (Å²) >= 11 is 0. The van der Waals surface area contributed by atoms with Gasteiger partial charge in [-0.05, 0) is 34.1 Å². The number of aliphatic hydroxyl groups excluding tert-OH is 1. The molecule has 5 nitrogen and oxygen atoms in total. The molecule has 0 aliphatic heterocycles. The number of aromatic nitrogens is 2. The van der Waals surface area contributed by atoms with Gasteiger partial charge in [0.25, 0.3) is 0 Å². The third-order valence-electron chi connectivity index (χ3n) is 3.11. The van der Waals surface area contributed by atoms with Crippen LogP contribution in [0.1, 0.15) is 39.7 Å². The van der Waals surface area contributed by atoms with E-state index in [2.05, 4.69) is 27.5 Å². The minimum Gasteiger partial charge on any atom is -0.391 e. The van der Waals surface area contributed by atoms with Crippen molar-refractivity contribution in [2.45, 2.75) is 52.7 Å². The molecule has 0 saturated heterocycles. The highest BCUT2D eigenvalue weighted by Gasteiger charge is 2.25. The van der Waals surface area contributed by atoms with Gasteiger partial charge < -0.3 is 15.7 Å². The van der Waals surface area contributed by atoms with Crippen LogP contribution in [0.5, 0.6) is 0 Å². The predicted molar refractivity (Wildman–Crippen MR) is 74.9 cm³/mol. The van der Waals surface area contributed by atoms with Crippen LogP contribution in [0.25, 0.3) is 0 Å². The Labute approximate surface area is 109 Å². The summed E-state index contributed by atoms with van der Waals surface area (Å²) in [4.78, 5) is 8.47. The normalized spacial score (nSPS) is 13.2. The van der Waals surface area contributed by atoms with Crippen LogP contribution < -0.4 is 10.6 Å². The van der Waals surface area contributed by atoms with Crippen LogP contribution in [0, 0.1) is 6.92 Å². The van der Waals surface area contributed by atoms with Crippen molar-refractivity contribution in [3.63, 3.8) is 0 Å². The molecule has 1 aromatic heterocycles. The first-order valence-corrected chi connectivity index (χ1v) is 6.40. The minimum absolute atomic E-state index is 0.429. The Bertz CT molecular complexity index is 391. The van der Waals surface area contributed by atoms with Crippen LogP contribution in [0.15, 0.2) is 6.33 Å². The Morgan fingerprint density at radius 2 is 1.94 bits per heavy atom. The third-order valence-corrected chi connectivity index (χ3v) is 3.11. The molecule has 0 amide bonds. The smallest absolute Gasteiger partial charge is 0.134 e. The van der Waals surface area contributed by atoms with Gasteiger partial charge in [0.05, 0.1) is 11.6 Å². The molecule has 0 saturated carbocycles. The first-order chi connectivity index (χ1) is 8.38. The number of hydrogen-bond acceptors (Lipinski definition) is 5. The van der Waals surface area contributed by atoms with Crippen molar-refractivity contribution in [3.8, 4) is 0 Å². The van der Waals surface area contributed by atoms with E-state index in [1.165, 1.54) is 6.33 Å². The molecule has 1 unspecified atom stereocenters. The predicted octanol–water partition coefficient (Wildman–Crippen LogP) is 2.18. The number of nitrogens with one attached hydrogen (secondary N) is 2. The van der Waals surface area contributed by atoms with Gasteiger partial charge in [-0.2, -0.15) is 0 Å². The molecule has 0 radical (unpaired) electrons. The van der Waals surface area contributed by atoms with Crippen LogP contribution in [0.2, 0.25) is 0 Å². The van der Waals surface area contributed by atoms with Crippen molar-refractivity contribution >= 4 is 11.6 Å². The zero-order chi connectivity index (χ0) is 13.8. The van der Waals surface area contributed by atoms with E-state index in [4.69, 9.17) is 0 Å². The lowest BCUT2D eigenvalue weighted by Crippen LogP contribution is -2.42. The monoisotopic (exact) mass is 252 g/mol. The number of nitrogens with zero attached hydrogens (tertiary/aromatic N) is 2. The Morgan fingerprint density at radius 3 is 2.50 bits per heavy atom. The lowest BCUT2D eigenvalue weighted by atomic mass is 9.98. The lowest BCUT2D eigenvalue weighted by molar-refractivity contribution is 0.133. The summed E-state index contributed by atoms with van der Waals surface area (Å²) in [6.07, 6.45) is 2.11. The van der Waals surface area contributed by atoms with Gasteiger partial charge in [0.2, 0.25) is 0 Å². The van der Waals surface area contributed by atoms with Crippen molar-refractivity contribution in [2.75, 3.05) is 17.2 Å². The first kappa shape index (κ1) is 14.7. The Kier molecular flexibility index (Phi) is 4.90. The quantitative estimate of drug-likeness (QED) is 0.724. The second-order valence-electron chi connectivity index (χ2n) is 5.15. The molecule has 0 aliphatic carbocycles. The maximum absolute atomic E-state index is 9.72. The van der Waals surface area contributed by atoms with E-state index >= 15 is 0 Å². The lowest BCUT2D eigenvalue weighted by Gasteiger charge is -2.30. The second-order valence-corrected chi connectivity index (χ2v) is 5.15. The van der Waals surface area contributed by atoms with Crippen LogP contribution in [-0.4, -0.2) is 33.3 Å². The van der Waals surface area contributed by atoms with Crippen molar-refractivity contribution in [1.82, 2.24) is 9.97 Å². The van der Waals surface area contributed by atoms with Crippen molar-refractivity contribution in [3.05, 3.63) is 11.9 Å². The van der Waals surface area contributed by atoms with E-state index in [-0.39, 0.29) is 0 Å². The van der Waals surface area contributed by atoms with Crippen molar-refractivity contribution in [1.29, 1.82) is 0 Å². The molecule has 1 heterocycles. The summed E-state index contributed by atoms with van der Waals surface area (Å²) in [5.41, 5.74) is 0.542. The summed E-state index contributed by atoms with van der Waals surface area (Å²) in [6.45, 7) is 10.6. The summed E-state index contributed by atoms with van der Waals surface area (Å²) < 4.78 is 0. The van der Waals surface area contributed by atoms with Gasteiger partial charge in [0, 0.05) is 12.1 Å². The summed E-state index contributed by atoms with van der Waals surface area (Å²) in [7, 11) is 0. The van der Waals surface area contributed by atoms with Gasteiger partial charge in [-0.25, -0.2) is 9.97 Å². The SMILES string of the molecule is CCCNc1ncnc(NC(C)(C)C(C)O)c1C. The van der Waals surface area contributed by atoms with Gasteiger partial charge in [0.15, 0.2) is 0 Å². The molecule has 0 fully saturated rings. The van der Waals surface area contributed by atoms with E-state index in [0.717, 1.165) is 30.2 Å². The highest BCUT2D eigenvalue weighted by atomic mass is 16.3. The molecule has 1 aromatic rings. The molecule has 5 heteroatoms. The van der Waals surface area contributed by atoms with Crippen LogP contribution >= 0.6 is 0 Å². The minimum atomic E-state index is -0.473. The molecule has 3 N–H and O–H groups in total. The van der Waals surface area contributed by atoms with E-state index in [9.17, 15) is 5.11 Å². The van der Waals surface area contributed by atoms with Gasteiger partial charge in [-0.1, -0.05) is 6.92 Å². The summed E-state index contributed by atoms with van der Waals surface area (Å²) in [6, 6.07) is 0. The number of aliphatic hydroxyl groups is 1. The Morgan fingerprint density at radius 1 is 1.33 bits per heavy atom. The van der Waals surface area contributed by atoms with E-state index in [0.29, 0.717) is 0 Å². The molecule has 1 rings (SSSR count). The van der Waals surface area contributed by atoms with Gasteiger partial charge in [-0.15, -0.1) is 0 Å². The maximum atomic E-state index is 9.72. The Hall–Kier alpha value is -1.36. The average Bonchev–Trinajstić information content (AvgIpc) is 2.30. The highest BCUT2D eigenvalue weighted by Crippen LogP contribution is 2.23. The van der Waals surface area contributed by atoms with Crippen molar-refractivity contribution in [2.24, 2.45) is 0 Å². The van der Waals surface area contributed by atoms with Gasteiger partial charge >= 0.3 is 0 Å². The van der Waals surface area contributed by atoms with Crippen LogP contribution in [-0.2, 0) is 0 Å². The van der Waals surface area contributed by atoms with Crippen molar-refractivity contribution < 1.29 is 5.11 Å². The summed E-state index contributed by atoms with van der Waals surface area (Å²) in [5.74, 6) is 1.60. The standard InChI is InChI=1S/C13H24N4O/c1-6-7-14-11-9(2)12(16-8-15-11)17-13(4,5)10(3)18/h8,10,18H,6-7H2,1-5H3,(H2,14,15,16,17). The molecule has 18 heavy (non-hydrogen) atoms. The Balaban J connectivity index is 2.90. The van der Waals surface area contributed by atoms with Gasteiger partial charge in [-0.3, -0.25) is 0 Å². The van der Waals surface area contributed by atoms with E-state index in [1.807, 2.05) is 20.8 Å². The molecule has 0 bridgehead atoms. The fourth-order valence-corrected chi connectivity index (χ4v) is 1.41. The van der Waals surface area contributed by atoms with Gasteiger partial charge in [0.1, 0.15) is 18.0 Å². The molecule has 1 atom stereocenters. The fraction of sp³-hybridized carbons (Fsp3) is 0.692. The molecule has 0 aliphatic rings. The second kappa shape index (κ2) is 6.00. The number of hydrogen-bond donors (Lipinski definition) is 3. The van der Waals surface area contributed by atoms with E-state index < -0.39 is 11.6 Å². The van der Waals surface area contributed by atoms with E-state index in [1.54, 1.807) is 6.92 Å². The maximum Gasteiger partial charge on any atom is 0.134 e. The average molecular weight is 252 g/mol. The van der Waals surface area contributed by atoms with Crippen LogP contribution in [0.4, 0.5) is 11.6 Å². The molecule has 0 aromatic carbocycles. The largest absolute Gasteiger partial charge is 0.391 e. The first-order valence-electron chi connectivity index (χ1n) is 6.40. The molecular weight excluding hydrogens is 228 g/mol. The molecule has 102 valence electrons. The third kappa shape index (κ3) is 3.57. The zero-order valence-corrected chi connectivity index (χ0v) is 11.9. The zero-order valence-electron chi connectivity index (χ0n) is 11.9.